The molecule has 2 heterocycles. The normalized spacial score (nSPS) is 24.1. The molecule has 3 atom stereocenters. The van der Waals surface area contributed by atoms with Crippen LogP contribution in [0.5, 0.6) is 0 Å². The highest BCUT2D eigenvalue weighted by Gasteiger charge is 2.41. The Morgan fingerprint density at radius 2 is 1.72 bits per heavy atom. The first-order valence-corrected chi connectivity index (χ1v) is 14.7. The third-order valence-corrected chi connectivity index (χ3v) is 9.53. The van der Waals surface area contributed by atoms with E-state index in [1.165, 1.54) is 18.6 Å². The van der Waals surface area contributed by atoms with E-state index in [9.17, 15) is 23.1 Å². The summed E-state index contributed by atoms with van der Waals surface area (Å²) < 4.78 is 41.2. The molecule has 2 aromatic carbocycles. The van der Waals surface area contributed by atoms with Crippen molar-refractivity contribution < 1.29 is 23.1 Å². The number of aryl methyl sites for hydroxylation is 1. The molecule has 3 fully saturated rings. The predicted molar refractivity (Wildman–Crippen MR) is 146 cm³/mol. The van der Waals surface area contributed by atoms with Crippen LogP contribution in [-0.4, -0.2) is 59.6 Å². The quantitative estimate of drug-likeness (QED) is 0.352. The highest BCUT2D eigenvalue weighted by molar-refractivity contribution is 5.73. The molecule has 5 rings (SSSR count). The molecule has 39 heavy (non-hydrogen) atoms. The molecule has 2 unspecified atom stereocenters. The molecular weight excluding hydrogens is 501 g/mol. The Balaban J connectivity index is 1.16. The summed E-state index contributed by atoms with van der Waals surface area (Å²) in [5.41, 5.74) is 1.55. The maximum atomic E-state index is 14.2. The van der Waals surface area contributed by atoms with Gasteiger partial charge in [0.2, 0.25) is 0 Å². The fourth-order valence-electron chi connectivity index (χ4n) is 7.00. The van der Waals surface area contributed by atoms with Crippen molar-refractivity contribution in [3.8, 4) is 0 Å². The molecule has 3 aliphatic rings. The summed E-state index contributed by atoms with van der Waals surface area (Å²) in [5.74, 6) is -0.483. The van der Waals surface area contributed by atoms with Crippen molar-refractivity contribution in [1.82, 2.24) is 9.80 Å². The van der Waals surface area contributed by atoms with Crippen LogP contribution in [0, 0.1) is 35.2 Å². The minimum Gasteiger partial charge on any atom is -0.480 e. The highest BCUT2D eigenvalue weighted by Crippen LogP contribution is 2.38. The zero-order valence-electron chi connectivity index (χ0n) is 22.7. The molecule has 0 spiro atoms. The molecular formula is C32H41F3N2O2. The summed E-state index contributed by atoms with van der Waals surface area (Å²) in [6.45, 7) is 4.27. The van der Waals surface area contributed by atoms with E-state index in [-0.39, 0.29) is 17.7 Å². The first-order valence-electron chi connectivity index (χ1n) is 14.7. The molecule has 2 saturated heterocycles. The molecule has 0 bridgehead atoms. The number of benzene rings is 2. The zero-order valence-corrected chi connectivity index (χ0v) is 22.7. The fraction of sp³-hybridized carbons (Fsp3) is 0.594. The van der Waals surface area contributed by atoms with Crippen molar-refractivity contribution in [2.75, 3.05) is 32.7 Å². The summed E-state index contributed by atoms with van der Waals surface area (Å²) in [5, 5.41) is 10.1. The van der Waals surface area contributed by atoms with Crippen molar-refractivity contribution in [1.29, 1.82) is 0 Å². The lowest BCUT2D eigenvalue weighted by Crippen LogP contribution is -2.43. The van der Waals surface area contributed by atoms with Crippen LogP contribution in [0.1, 0.15) is 68.4 Å². The summed E-state index contributed by atoms with van der Waals surface area (Å²) in [6.07, 6.45) is 8.91. The molecule has 0 aromatic heterocycles. The van der Waals surface area contributed by atoms with E-state index in [4.69, 9.17) is 0 Å². The molecule has 2 aromatic rings. The summed E-state index contributed by atoms with van der Waals surface area (Å²) in [6, 6.07) is 10.2. The van der Waals surface area contributed by atoms with Gasteiger partial charge in [-0.2, -0.15) is 0 Å². The average molecular weight is 543 g/mol. The van der Waals surface area contributed by atoms with E-state index >= 15 is 0 Å². The maximum absolute atomic E-state index is 14.2. The monoisotopic (exact) mass is 542 g/mol. The number of carboxylic acids is 1. The first kappa shape index (κ1) is 28.2. The number of carbonyl (C=O) groups is 1. The number of hydrogen-bond acceptors (Lipinski definition) is 3. The molecule has 4 nitrogen and oxygen atoms in total. The van der Waals surface area contributed by atoms with Gasteiger partial charge in [-0.1, -0.05) is 43.9 Å². The van der Waals surface area contributed by atoms with E-state index < -0.39 is 23.6 Å². The Hall–Kier alpha value is -2.38. The predicted octanol–water partition coefficient (Wildman–Crippen LogP) is 6.50. The molecule has 0 radical (unpaired) electrons. The summed E-state index contributed by atoms with van der Waals surface area (Å²) in [4.78, 5) is 16.9. The highest BCUT2D eigenvalue weighted by atomic mass is 19.1. The minimum absolute atomic E-state index is 0.118. The molecule has 7 heteroatoms. The van der Waals surface area contributed by atoms with Gasteiger partial charge in [0, 0.05) is 31.6 Å². The van der Waals surface area contributed by atoms with Gasteiger partial charge in [0.25, 0.3) is 0 Å². The van der Waals surface area contributed by atoms with Crippen molar-refractivity contribution in [2.24, 2.45) is 17.8 Å². The smallest absolute Gasteiger partial charge is 0.320 e. The van der Waals surface area contributed by atoms with E-state index in [0.717, 1.165) is 76.3 Å². The first-order chi connectivity index (χ1) is 18.9. The van der Waals surface area contributed by atoms with Crippen molar-refractivity contribution in [2.45, 2.75) is 69.7 Å². The second-order valence-corrected chi connectivity index (χ2v) is 12.1. The summed E-state index contributed by atoms with van der Waals surface area (Å²) >= 11 is 0. The van der Waals surface area contributed by atoms with Crippen LogP contribution >= 0.6 is 0 Å². The second-order valence-electron chi connectivity index (χ2n) is 12.1. The number of piperidine rings is 1. The van der Waals surface area contributed by atoms with Crippen LogP contribution in [0.25, 0.3) is 0 Å². The van der Waals surface area contributed by atoms with Crippen LogP contribution in [0.15, 0.2) is 42.5 Å². The maximum Gasteiger partial charge on any atom is 0.320 e. The molecule has 1 aliphatic carbocycles. The number of halogens is 3. The number of nitrogens with zero attached hydrogens (tertiary/aromatic N) is 2. The van der Waals surface area contributed by atoms with Crippen LogP contribution in [0.4, 0.5) is 13.2 Å². The lowest BCUT2D eigenvalue weighted by molar-refractivity contribution is -0.144. The van der Waals surface area contributed by atoms with Gasteiger partial charge >= 0.3 is 5.97 Å². The largest absolute Gasteiger partial charge is 0.480 e. The van der Waals surface area contributed by atoms with Gasteiger partial charge in [0.1, 0.15) is 23.5 Å². The second kappa shape index (κ2) is 12.9. The Labute approximate surface area is 230 Å². The lowest BCUT2D eigenvalue weighted by atomic mass is 9.80. The zero-order chi connectivity index (χ0) is 27.4. The van der Waals surface area contributed by atoms with Gasteiger partial charge in [0.15, 0.2) is 0 Å². The van der Waals surface area contributed by atoms with E-state index in [1.54, 1.807) is 18.2 Å². The van der Waals surface area contributed by atoms with Crippen molar-refractivity contribution in [3.05, 3.63) is 71.0 Å². The summed E-state index contributed by atoms with van der Waals surface area (Å²) in [7, 11) is 0. The van der Waals surface area contributed by atoms with Gasteiger partial charge in [-0.3, -0.25) is 9.69 Å². The van der Waals surface area contributed by atoms with E-state index in [2.05, 4.69) is 9.80 Å². The van der Waals surface area contributed by atoms with Crippen LogP contribution < -0.4 is 0 Å². The number of rotatable bonds is 11. The lowest BCUT2D eigenvalue weighted by Gasteiger charge is -2.35. The Morgan fingerprint density at radius 1 is 0.949 bits per heavy atom. The number of aliphatic carboxylic acids is 1. The Kier molecular flexibility index (Phi) is 9.28. The van der Waals surface area contributed by atoms with Crippen molar-refractivity contribution in [3.63, 3.8) is 0 Å². The Morgan fingerprint density at radius 3 is 2.38 bits per heavy atom. The molecule has 0 amide bonds. The fourth-order valence-corrected chi connectivity index (χ4v) is 7.00. The van der Waals surface area contributed by atoms with E-state index in [1.807, 2.05) is 6.07 Å². The Bertz CT molecular complexity index is 1120. The van der Waals surface area contributed by atoms with Crippen molar-refractivity contribution >= 4 is 5.97 Å². The third-order valence-electron chi connectivity index (χ3n) is 9.53. The van der Waals surface area contributed by atoms with Crippen LogP contribution in [0.2, 0.25) is 0 Å². The van der Waals surface area contributed by atoms with Gasteiger partial charge < -0.3 is 10.0 Å². The minimum atomic E-state index is -0.734. The van der Waals surface area contributed by atoms with E-state index in [0.29, 0.717) is 36.8 Å². The van der Waals surface area contributed by atoms with Gasteiger partial charge in [-0.15, -0.1) is 0 Å². The number of hydrogen-bond donors (Lipinski definition) is 1. The average Bonchev–Trinajstić information content (AvgIpc) is 3.28. The van der Waals surface area contributed by atoms with Gasteiger partial charge in [0.05, 0.1) is 0 Å². The topological polar surface area (TPSA) is 43.8 Å². The number of likely N-dealkylation sites (tertiary alicyclic amines) is 2. The molecule has 1 N–H and O–H groups in total. The SMILES string of the molecule is O=C(O)[C@@H](CC1CCC1)N1CC(CN2CCC(CCCc3ccc(F)cc3F)CC2)C(c2cccc(F)c2)C1. The molecule has 2 aliphatic heterocycles. The van der Waals surface area contributed by atoms with Gasteiger partial charge in [-0.05, 0) is 92.3 Å². The standard InChI is InChI=1S/C32H41F3N2O2/c33-27-9-3-8-25(17-27)29-21-37(31(32(38)39)16-23-5-1-6-23)20-26(29)19-36-14-12-22(13-15-36)4-2-7-24-10-11-28(34)18-30(24)35/h3,8-11,17-18,22-23,26,29,31H,1-2,4-7,12-16,19-21H2,(H,38,39)/t26?,29?,31-/m1/s1. The molecule has 212 valence electrons. The van der Waals surface area contributed by atoms with Crippen LogP contribution in [0.3, 0.4) is 0 Å². The number of carboxylic acid groups (broad SMARTS) is 1. The van der Waals surface area contributed by atoms with Gasteiger partial charge in [-0.25, -0.2) is 13.2 Å². The van der Waals surface area contributed by atoms with Crippen LogP contribution in [-0.2, 0) is 11.2 Å². The third kappa shape index (κ3) is 7.23. The molecule has 1 saturated carbocycles.